The Kier molecular flexibility index (Phi) is 4.29. The minimum Gasteiger partial charge on any atom is -0.399 e. The zero-order valence-electron chi connectivity index (χ0n) is 16.6. The molecule has 3 atom stereocenters. The zero-order chi connectivity index (χ0) is 18.7. The van der Waals surface area contributed by atoms with Crippen molar-refractivity contribution < 1.29 is 23.5 Å². The minimum atomic E-state index is -0.520. The predicted octanol–water partition coefficient (Wildman–Crippen LogP) is 2.97. The van der Waals surface area contributed by atoms with Gasteiger partial charge in [-0.05, 0) is 52.6 Å². The van der Waals surface area contributed by atoms with Crippen molar-refractivity contribution in [2.75, 3.05) is 6.61 Å². The van der Waals surface area contributed by atoms with Gasteiger partial charge in [-0.2, -0.15) is 0 Å². The summed E-state index contributed by atoms with van der Waals surface area (Å²) in [7, 11) is -0.335. The normalized spacial score (nSPS) is 34.7. The minimum absolute atomic E-state index is 0.0288. The molecule has 3 aliphatic rings. The Bertz CT molecular complexity index is 653. The van der Waals surface area contributed by atoms with E-state index in [4.69, 9.17) is 23.5 Å². The van der Waals surface area contributed by atoms with Crippen LogP contribution in [0.2, 0.25) is 0 Å². The first-order chi connectivity index (χ1) is 12.1. The SMILES string of the molecule is CC1(C)O[C@H]2C[C@@H](c3ccc(B4OC(C)(C)C(C)(C)O4)cc3)OC[C@H]2O1. The van der Waals surface area contributed by atoms with E-state index in [1.54, 1.807) is 0 Å². The highest BCUT2D eigenvalue weighted by Gasteiger charge is 2.51. The highest BCUT2D eigenvalue weighted by atomic mass is 16.8. The number of benzene rings is 1. The molecule has 0 N–H and O–H groups in total. The highest BCUT2D eigenvalue weighted by molar-refractivity contribution is 6.62. The van der Waals surface area contributed by atoms with Gasteiger partial charge in [-0.25, -0.2) is 0 Å². The number of fused-ring (bicyclic) bond motifs is 1. The number of ether oxygens (including phenoxy) is 3. The van der Waals surface area contributed by atoms with Gasteiger partial charge in [-0.15, -0.1) is 0 Å². The molecule has 142 valence electrons. The topological polar surface area (TPSA) is 46.2 Å². The largest absolute Gasteiger partial charge is 0.494 e. The Labute approximate surface area is 156 Å². The van der Waals surface area contributed by atoms with Crippen molar-refractivity contribution in [2.24, 2.45) is 0 Å². The lowest BCUT2D eigenvalue weighted by Gasteiger charge is -2.32. The average Bonchev–Trinajstić information content (AvgIpc) is 2.97. The molecule has 4 rings (SSSR count). The molecule has 0 aliphatic carbocycles. The van der Waals surface area contributed by atoms with Gasteiger partial charge >= 0.3 is 7.12 Å². The first-order valence-corrected chi connectivity index (χ1v) is 9.49. The Morgan fingerprint density at radius 1 is 0.846 bits per heavy atom. The van der Waals surface area contributed by atoms with E-state index >= 15 is 0 Å². The van der Waals surface area contributed by atoms with Crippen molar-refractivity contribution >= 4 is 12.6 Å². The van der Waals surface area contributed by atoms with Gasteiger partial charge in [0.25, 0.3) is 0 Å². The molecule has 0 aromatic heterocycles. The van der Waals surface area contributed by atoms with Gasteiger partial charge in [0.05, 0.1) is 30.0 Å². The van der Waals surface area contributed by atoms with E-state index in [-0.39, 0.29) is 36.6 Å². The fraction of sp³-hybridized carbons (Fsp3) is 0.700. The molecular formula is C20H29BO5. The van der Waals surface area contributed by atoms with Crippen molar-refractivity contribution in [2.45, 2.75) is 83.3 Å². The quantitative estimate of drug-likeness (QED) is 0.759. The fourth-order valence-corrected chi connectivity index (χ4v) is 3.82. The monoisotopic (exact) mass is 360 g/mol. The lowest BCUT2D eigenvalue weighted by Crippen LogP contribution is -2.41. The van der Waals surface area contributed by atoms with Crippen molar-refractivity contribution in [3.8, 4) is 0 Å². The molecule has 0 bridgehead atoms. The summed E-state index contributed by atoms with van der Waals surface area (Å²) >= 11 is 0. The van der Waals surface area contributed by atoms with Crippen molar-refractivity contribution in [1.82, 2.24) is 0 Å². The van der Waals surface area contributed by atoms with E-state index in [1.807, 2.05) is 13.8 Å². The molecule has 1 aromatic carbocycles. The Balaban J connectivity index is 1.44. The summed E-state index contributed by atoms with van der Waals surface area (Å²) in [4.78, 5) is 0. The van der Waals surface area contributed by atoms with Crippen LogP contribution >= 0.6 is 0 Å². The fourth-order valence-electron chi connectivity index (χ4n) is 3.82. The van der Waals surface area contributed by atoms with Gasteiger partial charge in [-0.1, -0.05) is 24.3 Å². The van der Waals surface area contributed by atoms with E-state index < -0.39 is 5.79 Å². The summed E-state index contributed by atoms with van der Waals surface area (Å²) in [5.41, 5.74) is 1.52. The van der Waals surface area contributed by atoms with Gasteiger partial charge in [0, 0.05) is 6.42 Å². The molecule has 3 saturated heterocycles. The van der Waals surface area contributed by atoms with E-state index in [2.05, 4.69) is 52.0 Å². The van der Waals surface area contributed by atoms with E-state index in [1.165, 1.54) is 0 Å². The Morgan fingerprint density at radius 2 is 1.42 bits per heavy atom. The molecule has 0 amide bonds. The summed E-state index contributed by atoms with van der Waals surface area (Å²) in [6.07, 6.45) is 0.960. The Hall–Kier alpha value is -0.915. The standard InChI is InChI=1S/C20H29BO5/c1-18(2)19(3,4)26-21(25-18)14-9-7-13(8-10-14)15-11-16-17(12-22-15)24-20(5,6)23-16/h7-10,15-17H,11-12H2,1-6H3/t15-,16-,17+/m0/s1. The highest BCUT2D eigenvalue weighted by Crippen LogP contribution is 2.39. The summed E-state index contributed by atoms with van der Waals surface area (Å²) in [5, 5.41) is 0. The molecule has 0 unspecified atom stereocenters. The molecular weight excluding hydrogens is 331 g/mol. The molecule has 6 heteroatoms. The molecule has 3 fully saturated rings. The molecule has 0 saturated carbocycles. The van der Waals surface area contributed by atoms with Crippen LogP contribution in [-0.2, 0) is 23.5 Å². The number of rotatable bonds is 2. The first-order valence-electron chi connectivity index (χ1n) is 9.49. The summed E-state index contributed by atoms with van der Waals surface area (Å²) in [6.45, 7) is 12.8. The van der Waals surface area contributed by atoms with Crippen LogP contribution < -0.4 is 5.46 Å². The third-order valence-electron chi connectivity index (χ3n) is 6.03. The maximum atomic E-state index is 6.13. The van der Waals surface area contributed by atoms with Crippen LogP contribution in [0.4, 0.5) is 0 Å². The first kappa shape index (κ1) is 18.4. The average molecular weight is 360 g/mol. The molecule has 26 heavy (non-hydrogen) atoms. The Morgan fingerprint density at radius 3 is 2.04 bits per heavy atom. The summed E-state index contributed by atoms with van der Waals surface area (Å²) < 4.78 is 30.2. The van der Waals surface area contributed by atoms with Crippen LogP contribution in [0.25, 0.3) is 0 Å². The molecule has 0 spiro atoms. The molecule has 3 heterocycles. The van der Waals surface area contributed by atoms with Gasteiger partial charge in [0.15, 0.2) is 5.79 Å². The van der Waals surface area contributed by atoms with Gasteiger partial charge in [0.1, 0.15) is 6.10 Å². The van der Waals surface area contributed by atoms with E-state index in [9.17, 15) is 0 Å². The third-order valence-corrected chi connectivity index (χ3v) is 6.03. The van der Waals surface area contributed by atoms with Crippen LogP contribution in [0.3, 0.4) is 0 Å². The van der Waals surface area contributed by atoms with Gasteiger partial charge in [0.2, 0.25) is 0 Å². The second-order valence-corrected chi connectivity index (χ2v) is 9.03. The summed E-state index contributed by atoms with van der Waals surface area (Å²) in [5.74, 6) is -0.520. The maximum Gasteiger partial charge on any atom is 0.494 e. The predicted molar refractivity (Wildman–Crippen MR) is 99.3 cm³/mol. The molecule has 5 nitrogen and oxygen atoms in total. The van der Waals surface area contributed by atoms with E-state index in [0.717, 1.165) is 17.4 Å². The summed E-state index contributed by atoms with van der Waals surface area (Å²) in [6, 6.07) is 8.35. The smallest absolute Gasteiger partial charge is 0.399 e. The van der Waals surface area contributed by atoms with Crippen LogP contribution in [0.1, 0.15) is 59.6 Å². The van der Waals surface area contributed by atoms with E-state index in [0.29, 0.717) is 6.61 Å². The molecule has 0 radical (unpaired) electrons. The third kappa shape index (κ3) is 3.23. The molecule has 1 aromatic rings. The van der Waals surface area contributed by atoms with Crippen LogP contribution in [0.5, 0.6) is 0 Å². The van der Waals surface area contributed by atoms with Crippen molar-refractivity contribution in [3.05, 3.63) is 29.8 Å². The van der Waals surface area contributed by atoms with Crippen LogP contribution in [0.15, 0.2) is 24.3 Å². The lowest BCUT2D eigenvalue weighted by atomic mass is 9.78. The van der Waals surface area contributed by atoms with Gasteiger partial charge in [-0.3, -0.25) is 0 Å². The lowest BCUT2D eigenvalue weighted by molar-refractivity contribution is -0.146. The van der Waals surface area contributed by atoms with Crippen molar-refractivity contribution in [3.63, 3.8) is 0 Å². The second kappa shape index (κ2) is 6.04. The van der Waals surface area contributed by atoms with Crippen LogP contribution in [-0.4, -0.2) is 42.9 Å². The number of hydrogen-bond donors (Lipinski definition) is 0. The zero-order valence-corrected chi connectivity index (χ0v) is 16.6. The van der Waals surface area contributed by atoms with Crippen molar-refractivity contribution in [1.29, 1.82) is 0 Å². The number of hydrogen-bond acceptors (Lipinski definition) is 5. The van der Waals surface area contributed by atoms with Gasteiger partial charge < -0.3 is 23.5 Å². The molecule has 3 aliphatic heterocycles. The second-order valence-electron chi connectivity index (χ2n) is 9.03. The maximum absolute atomic E-state index is 6.13. The van der Waals surface area contributed by atoms with Crippen LogP contribution in [0, 0.1) is 0 Å².